The number of aliphatic hydroxyl groups is 1. The quantitative estimate of drug-likeness (QED) is 0.397. The van der Waals surface area contributed by atoms with Crippen molar-refractivity contribution in [3.05, 3.63) is 0 Å². The average molecular weight is 312 g/mol. The van der Waals surface area contributed by atoms with E-state index in [2.05, 4.69) is 13.8 Å². The maximum atomic E-state index is 8.74. The Morgan fingerprint density at radius 1 is 0.850 bits per heavy atom. The molecule has 5 nitrogen and oxygen atoms in total. The Kier molecular flexibility index (Phi) is 16.8. The molecule has 1 atom stereocenters. The topological polar surface area (TPSA) is 94.8 Å². The molecular weight excluding hydrogens is 280 g/mol. The summed E-state index contributed by atoms with van der Waals surface area (Å²) in [6.07, 6.45) is 13.2. The second-order valence-corrected chi connectivity index (χ2v) is 6.22. The van der Waals surface area contributed by atoms with Crippen molar-refractivity contribution in [2.45, 2.75) is 78.1 Å². The molecule has 0 aliphatic rings. The van der Waals surface area contributed by atoms with Crippen LogP contribution in [0.25, 0.3) is 0 Å². The molecule has 0 radical (unpaired) electrons. The molecule has 0 fully saturated rings. The van der Waals surface area contributed by atoms with Crippen molar-refractivity contribution in [1.29, 1.82) is 0 Å². The average Bonchev–Trinajstić information content (AvgIpc) is 2.33. The Morgan fingerprint density at radius 3 is 1.70 bits per heavy atom. The third-order valence-electron chi connectivity index (χ3n) is 3.16. The monoisotopic (exact) mass is 312 g/mol. The molecule has 3 N–H and O–H groups in total. The van der Waals surface area contributed by atoms with Crippen LogP contribution in [-0.2, 0) is 10.4 Å². The minimum absolute atomic E-state index is 0.369. The molecule has 0 aliphatic carbocycles. The summed E-state index contributed by atoms with van der Waals surface area (Å²) in [5.74, 6) is 0.933. The van der Waals surface area contributed by atoms with Crippen molar-refractivity contribution >= 4 is 10.4 Å². The molecule has 0 heterocycles. The number of rotatable bonds is 11. The second-order valence-electron chi connectivity index (χ2n) is 5.33. The van der Waals surface area contributed by atoms with E-state index in [1.807, 2.05) is 0 Å². The zero-order chi connectivity index (χ0) is 15.9. The van der Waals surface area contributed by atoms with Gasteiger partial charge in [0.2, 0.25) is 0 Å². The molecule has 6 heteroatoms. The van der Waals surface area contributed by atoms with Crippen LogP contribution in [0.3, 0.4) is 0 Å². The Hall–Kier alpha value is -0.170. The normalized spacial score (nSPS) is 12.7. The van der Waals surface area contributed by atoms with E-state index < -0.39 is 10.4 Å². The highest BCUT2D eigenvalue weighted by atomic mass is 32.3. The van der Waals surface area contributed by atoms with Gasteiger partial charge in [0, 0.05) is 6.61 Å². The van der Waals surface area contributed by atoms with Gasteiger partial charge >= 0.3 is 10.4 Å². The molecule has 1 unspecified atom stereocenters. The van der Waals surface area contributed by atoms with Crippen LogP contribution in [0.2, 0.25) is 0 Å². The molecule has 20 heavy (non-hydrogen) atoms. The summed E-state index contributed by atoms with van der Waals surface area (Å²) in [5, 5.41) is 8.62. The molecule has 0 bridgehead atoms. The summed E-state index contributed by atoms with van der Waals surface area (Å²) in [7, 11) is -4.67. The summed E-state index contributed by atoms with van der Waals surface area (Å²) in [4.78, 5) is 0. The maximum Gasteiger partial charge on any atom is 0.394 e. The first kappa shape index (κ1) is 22.1. The minimum atomic E-state index is -4.67. The van der Waals surface area contributed by atoms with Crippen LogP contribution in [-0.4, -0.2) is 29.2 Å². The van der Waals surface area contributed by atoms with Gasteiger partial charge in [-0.1, -0.05) is 71.6 Å². The van der Waals surface area contributed by atoms with Crippen molar-refractivity contribution in [1.82, 2.24) is 0 Å². The molecule has 0 aliphatic heterocycles. The van der Waals surface area contributed by atoms with Crippen molar-refractivity contribution in [2.24, 2.45) is 5.92 Å². The molecule has 124 valence electrons. The lowest BCUT2D eigenvalue weighted by Crippen LogP contribution is -1.94. The molecule has 0 aromatic heterocycles. The molecular formula is C14H32O5S. The van der Waals surface area contributed by atoms with Crippen molar-refractivity contribution in [3.8, 4) is 0 Å². The van der Waals surface area contributed by atoms with Gasteiger partial charge in [-0.25, -0.2) is 0 Å². The highest BCUT2D eigenvalue weighted by Crippen LogP contribution is 2.16. The predicted molar refractivity (Wildman–Crippen MR) is 82.3 cm³/mol. The van der Waals surface area contributed by atoms with Gasteiger partial charge in [0.25, 0.3) is 0 Å². The van der Waals surface area contributed by atoms with Crippen molar-refractivity contribution in [3.63, 3.8) is 0 Å². The molecule has 0 amide bonds. The fraction of sp³-hybridized carbons (Fsp3) is 1.00. The first-order valence-corrected chi connectivity index (χ1v) is 9.01. The van der Waals surface area contributed by atoms with Crippen LogP contribution in [0.5, 0.6) is 0 Å². The second kappa shape index (κ2) is 15.2. The third kappa shape index (κ3) is 30.7. The first-order chi connectivity index (χ1) is 9.31. The number of aliphatic hydroxyl groups excluding tert-OH is 1. The summed E-state index contributed by atoms with van der Waals surface area (Å²) in [6.45, 7) is 5.03. The fourth-order valence-corrected chi connectivity index (χ4v) is 2.01. The molecule has 0 saturated heterocycles. The van der Waals surface area contributed by atoms with E-state index in [9.17, 15) is 0 Å². The van der Waals surface area contributed by atoms with E-state index in [4.69, 9.17) is 22.6 Å². The van der Waals surface area contributed by atoms with Gasteiger partial charge in [0.05, 0.1) is 0 Å². The SMILES string of the molecule is CCCCC(C)CCCCCCCCO.O=S(=O)(O)O. The summed E-state index contributed by atoms with van der Waals surface area (Å²) in [6, 6.07) is 0. The van der Waals surface area contributed by atoms with E-state index in [0.29, 0.717) is 6.61 Å². The predicted octanol–water partition coefficient (Wildman–Crippen LogP) is 3.88. The third-order valence-corrected chi connectivity index (χ3v) is 3.16. The van der Waals surface area contributed by atoms with Crippen molar-refractivity contribution in [2.75, 3.05) is 6.61 Å². The molecule has 0 saturated carbocycles. The lowest BCUT2D eigenvalue weighted by molar-refractivity contribution is 0.282. The van der Waals surface area contributed by atoms with Gasteiger partial charge in [-0.3, -0.25) is 9.11 Å². The smallest absolute Gasteiger partial charge is 0.394 e. The van der Waals surface area contributed by atoms with E-state index in [0.717, 1.165) is 12.3 Å². The van der Waals surface area contributed by atoms with Crippen LogP contribution in [0.1, 0.15) is 78.1 Å². The van der Waals surface area contributed by atoms with Gasteiger partial charge in [0.1, 0.15) is 0 Å². The largest absolute Gasteiger partial charge is 0.396 e. The van der Waals surface area contributed by atoms with E-state index in [1.54, 1.807) is 0 Å². The van der Waals surface area contributed by atoms with E-state index in [1.165, 1.54) is 57.8 Å². The number of hydrogen-bond acceptors (Lipinski definition) is 3. The standard InChI is InChI=1S/C14H30O.H2O4S/c1-3-4-11-14(2)12-9-7-5-6-8-10-13-15;1-5(2,3)4/h14-15H,3-13H2,1-2H3;(H2,1,2,3,4). The van der Waals surface area contributed by atoms with Crippen LogP contribution >= 0.6 is 0 Å². The zero-order valence-electron chi connectivity index (χ0n) is 12.9. The number of hydrogen-bond donors (Lipinski definition) is 3. The highest BCUT2D eigenvalue weighted by molar-refractivity contribution is 7.79. The van der Waals surface area contributed by atoms with Crippen LogP contribution in [0.15, 0.2) is 0 Å². The maximum absolute atomic E-state index is 8.74. The highest BCUT2D eigenvalue weighted by Gasteiger charge is 2.00. The molecule has 0 aromatic carbocycles. The van der Waals surface area contributed by atoms with Crippen LogP contribution in [0, 0.1) is 5.92 Å². The van der Waals surface area contributed by atoms with Gasteiger partial charge in [-0.05, 0) is 12.3 Å². The summed E-state index contributed by atoms with van der Waals surface area (Å²) < 4.78 is 31.6. The molecule has 0 aromatic rings. The lowest BCUT2D eigenvalue weighted by Gasteiger charge is -2.09. The van der Waals surface area contributed by atoms with Gasteiger partial charge in [-0.15, -0.1) is 0 Å². The first-order valence-electron chi connectivity index (χ1n) is 7.62. The van der Waals surface area contributed by atoms with Gasteiger partial charge < -0.3 is 5.11 Å². The Morgan fingerprint density at radius 2 is 1.25 bits per heavy atom. The fourth-order valence-electron chi connectivity index (χ4n) is 2.01. The Balaban J connectivity index is 0. The Labute approximate surface area is 124 Å². The summed E-state index contributed by atoms with van der Waals surface area (Å²) >= 11 is 0. The van der Waals surface area contributed by atoms with Gasteiger partial charge in [0.15, 0.2) is 0 Å². The molecule has 0 spiro atoms. The zero-order valence-corrected chi connectivity index (χ0v) is 13.7. The van der Waals surface area contributed by atoms with Crippen LogP contribution in [0.4, 0.5) is 0 Å². The van der Waals surface area contributed by atoms with Gasteiger partial charge in [-0.2, -0.15) is 8.42 Å². The Bertz CT molecular complexity index is 269. The molecule has 0 rings (SSSR count). The minimum Gasteiger partial charge on any atom is -0.396 e. The van der Waals surface area contributed by atoms with E-state index in [-0.39, 0.29) is 0 Å². The van der Waals surface area contributed by atoms with Crippen LogP contribution < -0.4 is 0 Å². The lowest BCUT2D eigenvalue weighted by atomic mass is 9.97. The van der Waals surface area contributed by atoms with E-state index >= 15 is 0 Å². The van der Waals surface area contributed by atoms with Crippen molar-refractivity contribution < 1.29 is 22.6 Å². The number of unbranched alkanes of at least 4 members (excludes halogenated alkanes) is 6. The summed E-state index contributed by atoms with van der Waals surface area (Å²) in [5.41, 5.74) is 0.